The van der Waals surface area contributed by atoms with Crippen LogP contribution in [0.4, 0.5) is 4.39 Å². The van der Waals surface area contributed by atoms with Crippen LogP contribution in [0.3, 0.4) is 0 Å². The standard InChI is InChI=1S/C25H24Cl2FN3O2/c1-14-11-17(28)8-9-18(14)21-12-16(5-4-10-30-15(2)32)13-22(31-21)24(25(29)33)23-19(26)6-3-7-20(23)27/h3,6-9,11-13,24H,4-5,10H2,1-2H3,(H2,29,33)(H,30,32). The van der Waals surface area contributed by atoms with E-state index in [1.165, 1.54) is 19.1 Å². The molecule has 2 aromatic carbocycles. The summed E-state index contributed by atoms with van der Waals surface area (Å²) in [6.07, 6.45) is 1.30. The summed E-state index contributed by atoms with van der Waals surface area (Å²) < 4.78 is 13.7. The topological polar surface area (TPSA) is 85.1 Å². The quantitative estimate of drug-likeness (QED) is 0.428. The normalized spacial score (nSPS) is 11.8. The fourth-order valence-corrected chi connectivity index (χ4v) is 4.35. The molecular formula is C25H24Cl2FN3O2. The van der Waals surface area contributed by atoms with E-state index in [1.807, 2.05) is 6.07 Å². The number of carbonyl (C=O) groups excluding carboxylic acids is 2. The van der Waals surface area contributed by atoms with Gasteiger partial charge in [-0.2, -0.15) is 0 Å². The molecule has 8 heteroatoms. The highest BCUT2D eigenvalue weighted by molar-refractivity contribution is 6.36. The maximum atomic E-state index is 13.7. The van der Waals surface area contributed by atoms with E-state index in [9.17, 15) is 14.0 Å². The molecule has 0 aliphatic rings. The van der Waals surface area contributed by atoms with E-state index in [1.54, 1.807) is 37.3 Å². The third kappa shape index (κ3) is 6.09. The minimum Gasteiger partial charge on any atom is -0.369 e. The van der Waals surface area contributed by atoms with Crippen molar-refractivity contribution in [2.75, 3.05) is 6.54 Å². The van der Waals surface area contributed by atoms with Crippen LogP contribution in [0.1, 0.15) is 41.6 Å². The number of nitrogens with two attached hydrogens (primary N) is 1. The number of hydrogen-bond donors (Lipinski definition) is 2. The molecule has 1 atom stereocenters. The lowest BCUT2D eigenvalue weighted by Gasteiger charge is -2.19. The molecule has 0 spiro atoms. The zero-order chi connectivity index (χ0) is 24.1. The molecule has 33 heavy (non-hydrogen) atoms. The Morgan fingerprint density at radius 1 is 1.12 bits per heavy atom. The molecule has 1 aromatic heterocycles. The van der Waals surface area contributed by atoms with Gasteiger partial charge in [-0.3, -0.25) is 14.6 Å². The third-order valence-electron chi connectivity index (χ3n) is 5.25. The summed E-state index contributed by atoms with van der Waals surface area (Å²) in [5, 5.41) is 3.39. The second-order valence-electron chi connectivity index (χ2n) is 7.80. The Bertz CT molecular complexity index is 1180. The van der Waals surface area contributed by atoms with Crippen molar-refractivity contribution in [1.29, 1.82) is 0 Å². The number of halogens is 3. The third-order valence-corrected chi connectivity index (χ3v) is 5.91. The van der Waals surface area contributed by atoms with Crippen molar-refractivity contribution in [3.63, 3.8) is 0 Å². The van der Waals surface area contributed by atoms with Crippen molar-refractivity contribution in [3.05, 3.63) is 86.8 Å². The number of aromatic nitrogens is 1. The maximum absolute atomic E-state index is 13.7. The molecule has 5 nitrogen and oxygen atoms in total. The van der Waals surface area contributed by atoms with Gasteiger partial charge in [0, 0.05) is 34.6 Å². The molecule has 1 unspecified atom stereocenters. The Balaban J connectivity index is 2.13. The van der Waals surface area contributed by atoms with E-state index in [0.717, 1.165) is 11.1 Å². The van der Waals surface area contributed by atoms with Gasteiger partial charge in [0.15, 0.2) is 0 Å². The molecule has 0 radical (unpaired) electrons. The van der Waals surface area contributed by atoms with Gasteiger partial charge in [0.25, 0.3) is 0 Å². The van der Waals surface area contributed by atoms with Crippen LogP contribution >= 0.6 is 23.2 Å². The molecule has 0 aliphatic carbocycles. The van der Waals surface area contributed by atoms with Crippen LogP contribution in [0, 0.1) is 12.7 Å². The Hall–Kier alpha value is -2.96. The van der Waals surface area contributed by atoms with Crippen molar-refractivity contribution in [1.82, 2.24) is 10.3 Å². The van der Waals surface area contributed by atoms with E-state index < -0.39 is 11.8 Å². The SMILES string of the molecule is CC(=O)NCCCc1cc(-c2ccc(F)cc2C)nc(C(C(N)=O)c2c(Cl)cccc2Cl)c1. The van der Waals surface area contributed by atoms with Gasteiger partial charge >= 0.3 is 0 Å². The number of rotatable bonds is 8. The van der Waals surface area contributed by atoms with Gasteiger partial charge in [-0.25, -0.2) is 4.39 Å². The van der Waals surface area contributed by atoms with Crippen molar-refractivity contribution in [2.45, 2.75) is 32.6 Å². The molecular weight excluding hydrogens is 464 g/mol. The summed E-state index contributed by atoms with van der Waals surface area (Å²) in [6.45, 7) is 3.76. The van der Waals surface area contributed by atoms with Gasteiger partial charge in [-0.15, -0.1) is 0 Å². The minimum atomic E-state index is -0.971. The highest BCUT2D eigenvalue weighted by Crippen LogP contribution is 2.36. The zero-order valence-electron chi connectivity index (χ0n) is 18.3. The molecule has 0 saturated carbocycles. The first-order chi connectivity index (χ1) is 15.7. The number of nitrogens with zero attached hydrogens (tertiary/aromatic N) is 1. The summed E-state index contributed by atoms with van der Waals surface area (Å²) in [4.78, 5) is 28.5. The van der Waals surface area contributed by atoms with Gasteiger partial charge in [-0.05, 0) is 73.4 Å². The van der Waals surface area contributed by atoms with E-state index in [2.05, 4.69) is 5.32 Å². The fourth-order valence-electron chi connectivity index (χ4n) is 3.73. The predicted octanol–water partition coefficient (Wildman–Crippen LogP) is 5.19. The molecule has 0 bridgehead atoms. The molecule has 0 saturated heterocycles. The van der Waals surface area contributed by atoms with Crippen molar-refractivity contribution < 1.29 is 14.0 Å². The highest BCUT2D eigenvalue weighted by atomic mass is 35.5. The average Bonchev–Trinajstić information content (AvgIpc) is 2.73. The number of benzene rings is 2. The Kier molecular flexibility index (Phi) is 8.06. The van der Waals surface area contributed by atoms with E-state index in [0.29, 0.717) is 51.9 Å². The van der Waals surface area contributed by atoms with E-state index in [-0.39, 0.29) is 11.7 Å². The monoisotopic (exact) mass is 487 g/mol. The number of nitrogens with one attached hydrogen (secondary N) is 1. The maximum Gasteiger partial charge on any atom is 0.231 e. The first-order valence-electron chi connectivity index (χ1n) is 10.4. The highest BCUT2D eigenvalue weighted by Gasteiger charge is 2.27. The van der Waals surface area contributed by atoms with Crippen molar-refractivity contribution >= 4 is 35.0 Å². The van der Waals surface area contributed by atoms with Crippen LogP contribution in [0.25, 0.3) is 11.3 Å². The first kappa shape index (κ1) is 24.7. The second kappa shape index (κ2) is 10.8. The van der Waals surface area contributed by atoms with E-state index in [4.69, 9.17) is 33.9 Å². The summed E-state index contributed by atoms with van der Waals surface area (Å²) in [7, 11) is 0. The number of carbonyl (C=O) groups is 2. The predicted molar refractivity (Wildman–Crippen MR) is 129 cm³/mol. The van der Waals surface area contributed by atoms with Gasteiger partial charge in [0.05, 0.1) is 11.4 Å². The zero-order valence-corrected chi connectivity index (χ0v) is 19.8. The molecule has 172 valence electrons. The van der Waals surface area contributed by atoms with Gasteiger partial charge < -0.3 is 11.1 Å². The first-order valence-corrected chi connectivity index (χ1v) is 11.2. The van der Waals surface area contributed by atoms with Crippen LogP contribution < -0.4 is 11.1 Å². The van der Waals surface area contributed by atoms with Crippen LogP contribution in [0.15, 0.2) is 48.5 Å². The summed E-state index contributed by atoms with van der Waals surface area (Å²) >= 11 is 12.8. The molecule has 3 N–H and O–H groups in total. The van der Waals surface area contributed by atoms with Gasteiger partial charge in [-0.1, -0.05) is 29.3 Å². The van der Waals surface area contributed by atoms with Crippen molar-refractivity contribution in [2.24, 2.45) is 5.73 Å². The summed E-state index contributed by atoms with van der Waals surface area (Å²) in [5.74, 6) is -2.06. The number of primary amides is 1. The molecule has 3 rings (SSSR count). The van der Waals surface area contributed by atoms with Crippen LogP contribution in [-0.2, 0) is 16.0 Å². The Morgan fingerprint density at radius 2 is 1.82 bits per heavy atom. The van der Waals surface area contributed by atoms with Crippen LogP contribution in [0.5, 0.6) is 0 Å². The van der Waals surface area contributed by atoms with Gasteiger partial charge in [0.2, 0.25) is 11.8 Å². The Morgan fingerprint density at radius 3 is 2.42 bits per heavy atom. The fraction of sp³-hybridized carbons (Fsp3) is 0.240. The van der Waals surface area contributed by atoms with E-state index >= 15 is 0 Å². The molecule has 0 aliphatic heterocycles. The second-order valence-corrected chi connectivity index (χ2v) is 8.62. The lowest BCUT2D eigenvalue weighted by molar-refractivity contribution is -0.119. The van der Waals surface area contributed by atoms with Crippen LogP contribution in [0.2, 0.25) is 10.0 Å². The van der Waals surface area contributed by atoms with Crippen molar-refractivity contribution in [3.8, 4) is 11.3 Å². The smallest absolute Gasteiger partial charge is 0.231 e. The molecule has 0 fully saturated rings. The Labute approximate surface area is 202 Å². The molecule has 2 amide bonds. The number of aryl methyl sites for hydroxylation is 2. The molecule has 3 aromatic rings. The largest absolute Gasteiger partial charge is 0.369 e. The number of hydrogen-bond acceptors (Lipinski definition) is 3. The van der Waals surface area contributed by atoms with Gasteiger partial charge in [0.1, 0.15) is 11.7 Å². The molecule has 1 heterocycles. The lowest BCUT2D eigenvalue weighted by atomic mass is 9.91. The summed E-state index contributed by atoms with van der Waals surface area (Å²) in [5.41, 5.74) is 9.47. The number of pyridine rings is 1. The van der Waals surface area contributed by atoms with Crippen LogP contribution in [-0.4, -0.2) is 23.3 Å². The minimum absolute atomic E-state index is 0.102. The number of amides is 2. The lowest BCUT2D eigenvalue weighted by Crippen LogP contribution is -2.24. The summed E-state index contributed by atoms with van der Waals surface area (Å²) in [6, 6.07) is 13.1. The average molecular weight is 488 g/mol.